The van der Waals surface area contributed by atoms with Crippen LogP contribution in [0.3, 0.4) is 0 Å². The van der Waals surface area contributed by atoms with Gasteiger partial charge in [-0.2, -0.15) is 0 Å². The number of nitrogens with one attached hydrogen (secondary N) is 3. The summed E-state index contributed by atoms with van der Waals surface area (Å²) >= 11 is 0. The fraction of sp³-hybridized carbons (Fsp3) is 0.161. The van der Waals surface area contributed by atoms with E-state index in [0.717, 1.165) is 23.4 Å². The van der Waals surface area contributed by atoms with Crippen molar-refractivity contribution in [1.82, 2.24) is 0 Å². The summed E-state index contributed by atoms with van der Waals surface area (Å²) in [5, 5.41) is 8.86. The topological polar surface area (TPSA) is 79.5 Å². The molecule has 3 N–H and O–H groups in total. The minimum absolute atomic E-state index is 0.0440. The van der Waals surface area contributed by atoms with Gasteiger partial charge >= 0.3 is 0 Å². The van der Waals surface area contributed by atoms with Crippen molar-refractivity contribution in [3.63, 3.8) is 0 Å². The molecule has 37 heavy (non-hydrogen) atoms. The molecule has 4 aromatic rings. The van der Waals surface area contributed by atoms with Crippen LogP contribution in [0, 0.1) is 0 Å². The molecule has 0 aliphatic heterocycles. The van der Waals surface area contributed by atoms with E-state index >= 15 is 0 Å². The van der Waals surface area contributed by atoms with Gasteiger partial charge in [0.15, 0.2) is 0 Å². The maximum absolute atomic E-state index is 12.3. The maximum Gasteiger partial charge on any atom is 0.243 e. The van der Waals surface area contributed by atoms with E-state index in [-0.39, 0.29) is 18.4 Å². The standard InChI is InChI=1S/C31H31N3O3/c35-30(20-11-24-7-3-1-4-8-24)33-27-12-14-28(15-13-27)34-31(36)23-32-26-16-18-29(19-17-26)37-22-21-25-9-5-2-6-10-25/h1-10,12-19,32H,11,20-23H2,(H,33,35)(H,34,36). The molecule has 0 atom stereocenters. The fourth-order valence-corrected chi connectivity index (χ4v) is 3.75. The molecule has 0 unspecified atom stereocenters. The largest absolute Gasteiger partial charge is 0.493 e. The second-order valence-corrected chi connectivity index (χ2v) is 8.62. The van der Waals surface area contributed by atoms with E-state index in [0.29, 0.717) is 30.8 Å². The van der Waals surface area contributed by atoms with Gasteiger partial charge in [0, 0.05) is 29.9 Å². The predicted molar refractivity (Wildman–Crippen MR) is 149 cm³/mol. The van der Waals surface area contributed by atoms with Crippen LogP contribution >= 0.6 is 0 Å². The fourth-order valence-electron chi connectivity index (χ4n) is 3.75. The zero-order valence-electron chi connectivity index (χ0n) is 20.7. The van der Waals surface area contributed by atoms with Gasteiger partial charge in [-0.3, -0.25) is 9.59 Å². The summed E-state index contributed by atoms with van der Waals surface area (Å²) in [5.74, 6) is 0.582. The highest BCUT2D eigenvalue weighted by Gasteiger charge is 2.06. The van der Waals surface area contributed by atoms with Gasteiger partial charge in [-0.25, -0.2) is 0 Å². The maximum atomic E-state index is 12.3. The highest BCUT2D eigenvalue weighted by Crippen LogP contribution is 2.17. The van der Waals surface area contributed by atoms with Crippen LogP contribution in [-0.2, 0) is 22.4 Å². The summed E-state index contributed by atoms with van der Waals surface area (Å²) in [6.07, 6.45) is 1.95. The highest BCUT2D eigenvalue weighted by molar-refractivity contribution is 5.94. The third kappa shape index (κ3) is 8.85. The molecule has 0 spiro atoms. The first kappa shape index (κ1) is 25.5. The number of anilines is 3. The van der Waals surface area contributed by atoms with Crippen molar-refractivity contribution in [3.05, 3.63) is 120 Å². The molecule has 0 aromatic heterocycles. The van der Waals surface area contributed by atoms with E-state index in [4.69, 9.17) is 4.74 Å². The number of carbonyl (C=O) groups is 2. The lowest BCUT2D eigenvalue weighted by Crippen LogP contribution is -2.21. The second-order valence-electron chi connectivity index (χ2n) is 8.62. The van der Waals surface area contributed by atoms with Crippen molar-refractivity contribution in [3.8, 4) is 5.75 Å². The molecule has 4 rings (SSSR count). The third-order valence-electron chi connectivity index (χ3n) is 5.75. The average Bonchev–Trinajstić information content (AvgIpc) is 2.94. The summed E-state index contributed by atoms with van der Waals surface area (Å²) in [6.45, 7) is 0.738. The number of hydrogen-bond donors (Lipinski definition) is 3. The summed E-state index contributed by atoms with van der Waals surface area (Å²) in [7, 11) is 0. The lowest BCUT2D eigenvalue weighted by molar-refractivity contribution is -0.116. The average molecular weight is 494 g/mol. The molecule has 188 valence electrons. The molecule has 0 radical (unpaired) electrons. The summed E-state index contributed by atoms with van der Waals surface area (Å²) in [6, 6.07) is 34.8. The molecule has 4 aromatic carbocycles. The van der Waals surface area contributed by atoms with Crippen LogP contribution in [0.25, 0.3) is 0 Å². The van der Waals surface area contributed by atoms with Crippen LogP contribution in [-0.4, -0.2) is 25.0 Å². The Hall–Kier alpha value is -4.58. The van der Waals surface area contributed by atoms with Crippen LogP contribution in [0.1, 0.15) is 17.5 Å². The van der Waals surface area contributed by atoms with Crippen LogP contribution in [0.5, 0.6) is 5.75 Å². The first-order valence-corrected chi connectivity index (χ1v) is 12.4. The SMILES string of the molecule is O=C(CCc1ccccc1)Nc1ccc(NC(=O)CNc2ccc(OCCc3ccccc3)cc2)cc1. The summed E-state index contributed by atoms with van der Waals surface area (Å²) < 4.78 is 5.80. The van der Waals surface area contributed by atoms with Crippen molar-refractivity contribution in [1.29, 1.82) is 0 Å². The van der Waals surface area contributed by atoms with Crippen LogP contribution in [0.2, 0.25) is 0 Å². The zero-order chi connectivity index (χ0) is 25.7. The molecule has 0 saturated heterocycles. The predicted octanol–water partition coefficient (Wildman–Crippen LogP) is 5.93. The van der Waals surface area contributed by atoms with Crippen molar-refractivity contribution in [2.45, 2.75) is 19.3 Å². The monoisotopic (exact) mass is 493 g/mol. The quantitative estimate of drug-likeness (QED) is 0.229. The van der Waals surface area contributed by atoms with E-state index < -0.39 is 0 Å². The molecular weight excluding hydrogens is 462 g/mol. The van der Waals surface area contributed by atoms with Crippen molar-refractivity contribution in [2.24, 2.45) is 0 Å². The van der Waals surface area contributed by atoms with Gasteiger partial charge < -0.3 is 20.7 Å². The first-order valence-electron chi connectivity index (χ1n) is 12.4. The Morgan fingerprint density at radius 1 is 0.568 bits per heavy atom. The molecule has 0 bridgehead atoms. The molecule has 0 fully saturated rings. The number of benzene rings is 4. The Bertz CT molecular complexity index is 1260. The molecule has 0 heterocycles. The second kappa shape index (κ2) is 13.5. The molecule has 0 aliphatic carbocycles. The molecule has 0 aliphatic rings. The Kier molecular flexibility index (Phi) is 9.30. The van der Waals surface area contributed by atoms with Gasteiger partial charge in [-0.15, -0.1) is 0 Å². The normalized spacial score (nSPS) is 10.4. The Labute approximate surface area is 217 Å². The highest BCUT2D eigenvalue weighted by atomic mass is 16.5. The van der Waals surface area contributed by atoms with Gasteiger partial charge in [-0.1, -0.05) is 60.7 Å². The van der Waals surface area contributed by atoms with Crippen molar-refractivity contribution < 1.29 is 14.3 Å². The summed E-state index contributed by atoms with van der Waals surface area (Å²) in [5.41, 5.74) is 4.56. The Morgan fingerprint density at radius 2 is 1.08 bits per heavy atom. The molecular formula is C31H31N3O3. The molecule has 6 heteroatoms. The van der Waals surface area contributed by atoms with E-state index in [1.165, 1.54) is 5.56 Å². The number of amides is 2. The minimum Gasteiger partial charge on any atom is -0.493 e. The van der Waals surface area contributed by atoms with Crippen molar-refractivity contribution >= 4 is 28.9 Å². The number of hydrogen-bond acceptors (Lipinski definition) is 4. The van der Waals surface area contributed by atoms with E-state index in [1.807, 2.05) is 72.8 Å². The molecule has 2 amide bonds. The van der Waals surface area contributed by atoms with E-state index in [1.54, 1.807) is 24.3 Å². The van der Waals surface area contributed by atoms with Gasteiger partial charge in [0.2, 0.25) is 11.8 Å². The first-order chi connectivity index (χ1) is 18.1. The third-order valence-corrected chi connectivity index (χ3v) is 5.75. The van der Waals surface area contributed by atoms with Crippen LogP contribution < -0.4 is 20.7 Å². The zero-order valence-corrected chi connectivity index (χ0v) is 20.7. The van der Waals surface area contributed by atoms with Gasteiger partial charge in [0.05, 0.1) is 13.2 Å². The summed E-state index contributed by atoms with van der Waals surface area (Å²) in [4.78, 5) is 24.5. The van der Waals surface area contributed by atoms with Gasteiger partial charge in [0.1, 0.15) is 5.75 Å². The smallest absolute Gasteiger partial charge is 0.243 e. The minimum atomic E-state index is -0.164. The van der Waals surface area contributed by atoms with Gasteiger partial charge in [0.25, 0.3) is 0 Å². The lowest BCUT2D eigenvalue weighted by atomic mass is 10.1. The number of aryl methyl sites for hydroxylation is 1. The van der Waals surface area contributed by atoms with Gasteiger partial charge in [-0.05, 0) is 66.1 Å². The number of ether oxygens (including phenoxy) is 1. The Morgan fingerprint density at radius 3 is 1.68 bits per heavy atom. The number of carbonyl (C=O) groups excluding carboxylic acids is 2. The molecule has 6 nitrogen and oxygen atoms in total. The molecule has 0 saturated carbocycles. The Balaban J connectivity index is 1.14. The van der Waals surface area contributed by atoms with Crippen LogP contribution in [0.15, 0.2) is 109 Å². The lowest BCUT2D eigenvalue weighted by Gasteiger charge is -2.10. The van der Waals surface area contributed by atoms with Crippen LogP contribution in [0.4, 0.5) is 17.1 Å². The van der Waals surface area contributed by atoms with E-state index in [2.05, 4.69) is 28.1 Å². The van der Waals surface area contributed by atoms with E-state index in [9.17, 15) is 9.59 Å². The number of rotatable bonds is 12. The van der Waals surface area contributed by atoms with Crippen molar-refractivity contribution in [2.75, 3.05) is 29.1 Å².